The van der Waals surface area contributed by atoms with Gasteiger partial charge in [-0.15, -0.1) is 0 Å². The van der Waals surface area contributed by atoms with Crippen molar-refractivity contribution in [2.45, 2.75) is 13.3 Å². The molecule has 1 N–H and O–H groups in total. The van der Waals surface area contributed by atoms with E-state index in [1.54, 1.807) is 0 Å². The zero-order valence-corrected chi connectivity index (χ0v) is 12.2. The molecule has 0 unspecified atom stereocenters. The molecule has 0 aliphatic heterocycles. The van der Waals surface area contributed by atoms with Gasteiger partial charge >= 0.3 is 0 Å². The lowest BCUT2D eigenvalue weighted by Gasteiger charge is -2.12. The van der Waals surface area contributed by atoms with E-state index in [2.05, 4.69) is 12.2 Å². The van der Waals surface area contributed by atoms with Crippen molar-refractivity contribution in [3.8, 4) is 0 Å². The molecule has 2 aromatic rings. The van der Waals surface area contributed by atoms with Crippen molar-refractivity contribution in [3.05, 3.63) is 59.7 Å². The van der Waals surface area contributed by atoms with Gasteiger partial charge in [-0.2, -0.15) is 0 Å². The van der Waals surface area contributed by atoms with E-state index in [-0.39, 0.29) is 5.91 Å². The molecule has 0 radical (unpaired) electrons. The third kappa shape index (κ3) is 3.38. The summed E-state index contributed by atoms with van der Waals surface area (Å²) >= 11 is 0. The minimum atomic E-state index is -0.0837. The average molecular weight is 268 g/mol. The Morgan fingerprint density at radius 1 is 1.00 bits per heavy atom. The molecule has 0 aliphatic carbocycles. The molecular formula is C17H20N2O. The van der Waals surface area contributed by atoms with Crippen LogP contribution in [-0.4, -0.2) is 20.0 Å². The summed E-state index contributed by atoms with van der Waals surface area (Å²) in [6.07, 6.45) is 1.00. The molecule has 0 saturated heterocycles. The molecule has 0 atom stereocenters. The smallest absolute Gasteiger partial charge is 0.255 e. The van der Waals surface area contributed by atoms with E-state index < -0.39 is 0 Å². The molecule has 0 fully saturated rings. The molecule has 0 spiro atoms. The van der Waals surface area contributed by atoms with Crippen molar-refractivity contribution in [1.29, 1.82) is 0 Å². The Hall–Kier alpha value is -2.29. The van der Waals surface area contributed by atoms with Gasteiger partial charge in [-0.25, -0.2) is 0 Å². The molecule has 1 amide bonds. The number of carbonyl (C=O) groups excluding carboxylic acids is 1. The van der Waals surface area contributed by atoms with Gasteiger partial charge in [0.1, 0.15) is 0 Å². The van der Waals surface area contributed by atoms with E-state index in [9.17, 15) is 4.79 Å². The molecule has 20 heavy (non-hydrogen) atoms. The maximum absolute atomic E-state index is 12.1. The minimum Gasteiger partial charge on any atom is -0.378 e. The average Bonchev–Trinajstić information content (AvgIpc) is 2.48. The number of anilines is 2. The van der Waals surface area contributed by atoms with Crippen LogP contribution in [-0.2, 0) is 6.42 Å². The van der Waals surface area contributed by atoms with Crippen LogP contribution in [0.15, 0.2) is 48.5 Å². The van der Waals surface area contributed by atoms with E-state index in [0.717, 1.165) is 17.8 Å². The second-order valence-corrected chi connectivity index (χ2v) is 4.95. The van der Waals surface area contributed by atoms with Crippen LogP contribution < -0.4 is 10.2 Å². The van der Waals surface area contributed by atoms with Gasteiger partial charge in [0.05, 0.1) is 0 Å². The van der Waals surface area contributed by atoms with E-state index in [1.807, 2.05) is 67.5 Å². The summed E-state index contributed by atoms with van der Waals surface area (Å²) in [6.45, 7) is 2.11. The molecule has 0 saturated carbocycles. The van der Waals surface area contributed by atoms with Gasteiger partial charge in [-0.05, 0) is 48.4 Å². The Balaban J connectivity index is 2.07. The van der Waals surface area contributed by atoms with Gasteiger partial charge in [-0.3, -0.25) is 4.79 Å². The van der Waals surface area contributed by atoms with E-state index in [1.165, 1.54) is 5.56 Å². The molecule has 0 bridgehead atoms. The molecule has 3 nitrogen and oxygen atoms in total. The Bertz CT molecular complexity index is 571. The first-order valence-corrected chi connectivity index (χ1v) is 6.78. The van der Waals surface area contributed by atoms with Crippen LogP contribution >= 0.6 is 0 Å². The quantitative estimate of drug-likeness (QED) is 0.919. The van der Waals surface area contributed by atoms with Crippen molar-refractivity contribution >= 4 is 17.3 Å². The van der Waals surface area contributed by atoms with Crippen molar-refractivity contribution in [2.24, 2.45) is 0 Å². The van der Waals surface area contributed by atoms with Crippen LogP contribution in [0.25, 0.3) is 0 Å². The number of carbonyl (C=O) groups is 1. The third-order valence-corrected chi connectivity index (χ3v) is 3.27. The Morgan fingerprint density at radius 2 is 1.60 bits per heavy atom. The highest BCUT2D eigenvalue weighted by molar-refractivity contribution is 6.04. The van der Waals surface area contributed by atoms with Gasteiger partial charge < -0.3 is 10.2 Å². The summed E-state index contributed by atoms with van der Waals surface area (Å²) in [4.78, 5) is 14.1. The fourth-order valence-electron chi connectivity index (χ4n) is 1.94. The fraction of sp³-hybridized carbons (Fsp3) is 0.235. The van der Waals surface area contributed by atoms with Crippen molar-refractivity contribution in [3.63, 3.8) is 0 Å². The monoisotopic (exact) mass is 268 g/mol. The second-order valence-electron chi connectivity index (χ2n) is 4.95. The van der Waals surface area contributed by atoms with Crippen LogP contribution in [0.4, 0.5) is 11.4 Å². The van der Waals surface area contributed by atoms with Crippen LogP contribution in [0.3, 0.4) is 0 Å². The fourth-order valence-corrected chi connectivity index (χ4v) is 1.94. The molecule has 2 aromatic carbocycles. The molecular weight excluding hydrogens is 248 g/mol. The first-order valence-electron chi connectivity index (χ1n) is 6.78. The summed E-state index contributed by atoms with van der Waals surface area (Å²) in [7, 11) is 3.95. The molecule has 104 valence electrons. The normalized spacial score (nSPS) is 10.2. The Labute approximate surface area is 120 Å². The predicted molar refractivity (Wildman–Crippen MR) is 84.5 cm³/mol. The summed E-state index contributed by atoms with van der Waals surface area (Å²) in [5, 5.41) is 2.91. The molecule has 0 aliphatic rings. The first kappa shape index (κ1) is 14.1. The van der Waals surface area contributed by atoms with E-state index in [4.69, 9.17) is 0 Å². The number of rotatable bonds is 4. The number of aryl methyl sites for hydroxylation is 1. The zero-order valence-electron chi connectivity index (χ0n) is 12.2. The maximum Gasteiger partial charge on any atom is 0.255 e. The van der Waals surface area contributed by atoms with Crippen LogP contribution in [0.2, 0.25) is 0 Å². The predicted octanol–water partition coefficient (Wildman–Crippen LogP) is 3.57. The number of amides is 1. The van der Waals surface area contributed by atoms with Crippen LogP contribution in [0.1, 0.15) is 22.8 Å². The van der Waals surface area contributed by atoms with Gasteiger partial charge in [-0.1, -0.05) is 19.1 Å². The van der Waals surface area contributed by atoms with Gasteiger partial charge in [0.2, 0.25) is 0 Å². The number of hydrogen-bond donors (Lipinski definition) is 1. The molecule has 0 aromatic heterocycles. The summed E-state index contributed by atoms with van der Waals surface area (Å²) < 4.78 is 0. The van der Waals surface area contributed by atoms with Crippen molar-refractivity contribution in [1.82, 2.24) is 0 Å². The molecule has 3 heteroatoms. The highest BCUT2D eigenvalue weighted by Crippen LogP contribution is 2.15. The SMILES string of the molecule is CCc1ccc(NC(=O)c2ccc(N(C)C)cc2)cc1. The lowest BCUT2D eigenvalue weighted by Crippen LogP contribution is -2.13. The van der Waals surface area contributed by atoms with Crippen LogP contribution in [0, 0.1) is 0 Å². The summed E-state index contributed by atoms with van der Waals surface area (Å²) in [5.41, 5.74) is 3.83. The first-order chi connectivity index (χ1) is 9.60. The number of nitrogens with zero attached hydrogens (tertiary/aromatic N) is 1. The molecule has 0 heterocycles. The third-order valence-electron chi connectivity index (χ3n) is 3.27. The van der Waals surface area contributed by atoms with Gasteiger partial charge in [0.15, 0.2) is 0 Å². The van der Waals surface area contributed by atoms with Crippen molar-refractivity contribution in [2.75, 3.05) is 24.3 Å². The van der Waals surface area contributed by atoms with Gasteiger partial charge in [0, 0.05) is 31.0 Å². The second kappa shape index (κ2) is 6.24. The number of nitrogens with one attached hydrogen (secondary N) is 1. The van der Waals surface area contributed by atoms with Crippen molar-refractivity contribution < 1.29 is 4.79 Å². The van der Waals surface area contributed by atoms with E-state index >= 15 is 0 Å². The lowest BCUT2D eigenvalue weighted by molar-refractivity contribution is 0.102. The highest BCUT2D eigenvalue weighted by Gasteiger charge is 2.06. The maximum atomic E-state index is 12.1. The number of hydrogen-bond acceptors (Lipinski definition) is 2. The largest absolute Gasteiger partial charge is 0.378 e. The Kier molecular flexibility index (Phi) is 4.41. The minimum absolute atomic E-state index is 0.0837. The zero-order chi connectivity index (χ0) is 14.5. The standard InChI is InChI=1S/C17H20N2O/c1-4-13-5-9-15(10-6-13)18-17(20)14-7-11-16(12-8-14)19(2)3/h5-12H,4H2,1-3H3,(H,18,20). The summed E-state index contributed by atoms with van der Waals surface area (Å²) in [5.74, 6) is -0.0837. The summed E-state index contributed by atoms with van der Waals surface area (Å²) in [6, 6.07) is 15.5. The molecule has 2 rings (SSSR count). The van der Waals surface area contributed by atoms with Gasteiger partial charge in [0.25, 0.3) is 5.91 Å². The highest BCUT2D eigenvalue weighted by atomic mass is 16.1. The lowest BCUT2D eigenvalue weighted by atomic mass is 10.1. The topological polar surface area (TPSA) is 32.3 Å². The Morgan fingerprint density at radius 3 is 2.10 bits per heavy atom. The van der Waals surface area contributed by atoms with Crippen LogP contribution in [0.5, 0.6) is 0 Å². The number of benzene rings is 2. The van der Waals surface area contributed by atoms with E-state index in [0.29, 0.717) is 5.56 Å².